The van der Waals surface area contributed by atoms with E-state index in [9.17, 15) is 9.90 Å². The van der Waals surface area contributed by atoms with Gasteiger partial charge in [-0.2, -0.15) is 4.98 Å². The van der Waals surface area contributed by atoms with E-state index in [1.165, 1.54) is 0 Å². The van der Waals surface area contributed by atoms with E-state index in [1.807, 2.05) is 13.8 Å². The van der Waals surface area contributed by atoms with Gasteiger partial charge in [0.25, 0.3) is 0 Å². The number of aryl methyl sites for hydroxylation is 1. The van der Waals surface area contributed by atoms with Crippen molar-refractivity contribution < 1.29 is 14.4 Å². The van der Waals surface area contributed by atoms with Gasteiger partial charge in [0.1, 0.15) is 6.04 Å². The van der Waals surface area contributed by atoms with Crippen molar-refractivity contribution in [3.63, 3.8) is 0 Å². The minimum Gasteiger partial charge on any atom is -0.394 e. The second-order valence-electron chi connectivity index (χ2n) is 6.06. The minimum atomic E-state index is -0.325. The standard InChI is InChI=1S/C14H24N4O3/c1-8(2)12(13-15-10(4)17-21-13)16-14(20)18-6-5-9(3)11(18)7-19/h8-9,11-12,19H,5-7H2,1-4H3,(H,16,20)/t9-,11+,12+/m0/s1. The molecule has 0 unspecified atom stereocenters. The summed E-state index contributed by atoms with van der Waals surface area (Å²) in [6, 6.07) is -0.635. The van der Waals surface area contributed by atoms with Gasteiger partial charge in [0, 0.05) is 6.54 Å². The molecule has 0 saturated carbocycles. The number of likely N-dealkylation sites (tertiary alicyclic amines) is 1. The summed E-state index contributed by atoms with van der Waals surface area (Å²) < 4.78 is 5.18. The lowest BCUT2D eigenvalue weighted by Crippen LogP contribution is -2.47. The van der Waals surface area contributed by atoms with Crippen LogP contribution in [0.15, 0.2) is 4.52 Å². The maximum atomic E-state index is 12.5. The van der Waals surface area contributed by atoms with Crippen LogP contribution in [0.1, 0.15) is 44.9 Å². The third-order valence-corrected chi connectivity index (χ3v) is 4.09. The molecule has 1 aromatic rings. The molecule has 118 valence electrons. The van der Waals surface area contributed by atoms with Crippen LogP contribution >= 0.6 is 0 Å². The van der Waals surface area contributed by atoms with E-state index < -0.39 is 0 Å². The summed E-state index contributed by atoms with van der Waals surface area (Å²) in [7, 11) is 0. The lowest BCUT2D eigenvalue weighted by atomic mass is 10.0. The van der Waals surface area contributed by atoms with E-state index in [-0.39, 0.29) is 30.6 Å². The third-order valence-electron chi connectivity index (χ3n) is 4.09. The van der Waals surface area contributed by atoms with Crippen molar-refractivity contribution in [2.75, 3.05) is 13.2 Å². The molecule has 2 N–H and O–H groups in total. The topological polar surface area (TPSA) is 91.5 Å². The molecule has 1 aromatic heterocycles. The zero-order chi connectivity index (χ0) is 15.6. The van der Waals surface area contributed by atoms with Crippen LogP contribution in [0.25, 0.3) is 0 Å². The molecule has 7 heteroatoms. The van der Waals surface area contributed by atoms with Crippen molar-refractivity contribution in [2.45, 2.75) is 46.2 Å². The first-order valence-electron chi connectivity index (χ1n) is 7.42. The van der Waals surface area contributed by atoms with Crippen LogP contribution in [0.2, 0.25) is 0 Å². The normalized spacial score (nSPS) is 23.6. The number of hydrogen-bond acceptors (Lipinski definition) is 5. The summed E-state index contributed by atoms with van der Waals surface area (Å²) in [4.78, 5) is 18.4. The number of nitrogens with zero attached hydrogens (tertiary/aromatic N) is 3. The molecule has 7 nitrogen and oxygen atoms in total. The average molecular weight is 296 g/mol. The van der Waals surface area contributed by atoms with Gasteiger partial charge >= 0.3 is 6.03 Å². The Morgan fingerprint density at radius 1 is 1.57 bits per heavy atom. The summed E-state index contributed by atoms with van der Waals surface area (Å²) in [5, 5.41) is 16.2. The van der Waals surface area contributed by atoms with Crippen molar-refractivity contribution in [2.24, 2.45) is 11.8 Å². The van der Waals surface area contributed by atoms with E-state index in [4.69, 9.17) is 4.52 Å². The summed E-state index contributed by atoms with van der Waals surface area (Å²) in [6.45, 7) is 8.42. The molecule has 1 saturated heterocycles. The molecule has 0 aliphatic carbocycles. The molecule has 0 radical (unpaired) electrons. The fourth-order valence-corrected chi connectivity index (χ4v) is 2.71. The third kappa shape index (κ3) is 3.34. The highest BCUT2D eigenvalue weighted by molar-refractivity contribution is 5.75. The van der Waals surface area contributed by atoms with Gasteiger partial charge in [-0.15, -0.1) is 0 Å². The molecule has 1 aliphatic heterocycles. The molecule has 0 aromatic carbocycles. The minimum absolute atomic E-state index is 0.0133. The first-order valence-corrected chi connectivity index (χ1v) is 7.42. The highest BCUT2D eigenvalue weighted by Gasteiger charge is 2.35. The summed E-state index contributed by atoms with van der Waals surface area (Å²) in [5.41, 5.74) is 0. The quantitative estimate of drug-likeness (QED) is 0.878. The maximum absolute atomic E-state index is 12.5. The number of aliphatic hydroxyl groups excluding tert-OH is 1. The zero-order valence-electron chi connectivity index (χ0n) is 13.0. The van der Waals surface area contributed by atoms with E-state index in [0.717, 1.165) is 6.42 Å². The van der Waals surface area contributed by atoms with Gasteiger partial charge in [0.15, 0.2) is 5.82 Å². The monoisotopic (exact) mass is 296 g/mol. The van der Waals surface area contributed by atoms with Gasteiger partial charge in [-0.05, 0) is 25.2 Å². The van der Waals surface area contributed by atoms with Crippen LogP contribution in [-0.2, 0) is 0 Å². The number of carbonyl (C=O) groups excluding carboxylic acids is 1. The van der Waals surface area contributed by atoms with Gasteiger partial charge in [-0.3, -0.25) is 0 Å². The van der Waals surface area contributed by atoms with Crippen molar-refractivity contribution in [1.29, 1.82) is 0 Å². The van der Waals surface area contributed by atoms with E-state index in [0.29, 0.717) is 24.2 Å². The number of nitrogens with one attached hydrogen (secondary N) is 1. The van der Waals surface area contributed by atoms with Crippen LogP contribution in [0.4, 0.5) is 4.79 Å². The first kappa shape index (κ1) is 15.8. The Bertz CT molecular complexity index is 488. The lowest BCUT2D eigenvalue weighted by Gasteiger charge is -2.28. The van der Waals surface area contributed by atoms with Crippen LogP contribution in [0.3, 0.4) is 0 Å². The molecule has 0 spiro atoms. The second kappa shape index (κ2) is 6.43. The first-order chi connectivity index (χ1) is 9.93. The Morgan fingerprint density at radius 2 is 2.29 bits per heavy atom. The predicted molar refractivity (Wildman–Crippen MR) is 76.5 cm³/mol. The Kier molecular flexibility index (Phi) is 4.82. The van der Waals surface area contributed by atoms with E-state index >= 15 is 0 Å². The number of hydrogen-bond donors (Lipinski definition) is 2. The SMILES string of the molecule is Cc1noc([C@H](NC(=O)N2CC[C@H](C)[C@H]2CO)C(C)C)n1. The zero-order valence-corrected chi connectivity index (χ0v) is 13.0. The van der Waals surface area contributed by atoms with Crippen LogP contribution in [0.5, 0.6) is 0 Å². The molecular formula is C14H24N4O3. The fraction of sp³-hybridized carbons (Fsp3) is 0.786. The molecule has 1 fully saturated rings. The number of aromatic nitrogens is 2. The summed E-state index contributed by atoms with van der Waals surface area (Å²) in [5.74, 6) is 1.40. The van der Waals surface area contributed by atoms with Gasteiger partial charge in [0.2, 0.25) is 5.89 Å². The molecule has 2 heterocycles. The van der Waals surface area contributed by atoms with Gasteiger partial charge in [-0.1, -0.05) is 25.9 Å². The Labute approximate surface area is 124 Å². The predicted octanol–water partition coefficient (Wildman–Crippen LogP) is 1.49. The Balaban J connectivity index is 2.09. The lowest BCUT2D eigenvalue weighted by molar-refractivity contribution is 0.138. The molecule has 21 heavy (non-hydrogen) atoms. The molecule has 0 bridgehead atoms. The number of rotatable bonds is 4. The number of aliphatic hydroxyl groups is 1. The molecule has 1 aliphatic rings. The molecular weight excluding hydrogens is 272 g/mol. The van der Waals surface area contributed by atoms with Gasteiger partial charge in [-0.25, -0.2) is 4.79 Å². The Hall–Kier alpha value is -1.63. The van der Waals surface area contributed by atoms with Crippen molar-refractivity contribution in [1.82, 2.24) is 20.4 Å². The number of urea groups is 1. The smallest absolute Gasteiger partial charge is 0.318 e. The van der Waals surface area contributed by atoms with Crippen LogP contribution in [-0.4, -0.2) is 45.4 Å². The summed E-state index contributed by atoms with van der Waals surface area (Å²) >= 11 is 0. The average Bonchev–Trinajstić information content (AvgIpc) is 3.01. The number of amides is 2. The summed E-state index contributed by atoms with van der Waals surface area (Å²) in [6.07, 6.45) is 0.907. The largest absolute Gasteiger partial charge is 0.394 e. The maximum Gasteiger partial charge on any atom is 0.318 e. The van der Waals surface area contributed by atoms with E-state index in [1.54, 1.807) is 11.8 Å². The second-order valence-corrected chi connectivity index (χ2v) is 6.06. The van der Waals surface area contributed by atoms with Crippen LogP contribution in [0, 0.1) is 18.8 Å². The molecule has 2 rings (SSSR count). The molecule has 3 atom stereocenters. The van der Waals surface area contributed by atoms with Gasteiger partial charge in [0.05, 0.1) is 12.6 Å². The van der Waals surface area contributed by atoms with Gasteiger partial charge < -0.3 is 19.8 Å². The fourth-order valence-electron chi connectivity index (χ4n) is 2.71. The Morgan fingerprint density at radius 3 is 2.81 bits per heavy atom. The van der Waals surface area contributed by atoms with E-state index in [2.05, 4.69) is 22.4 Å². The number of carbonyl (C=O) groups is 1. The van der Waals surface area contributed by atoms with Crippen molar-refractivity contribution in [3.8, 4) is 0 Å². The van der Waals surface area contributed by atoms with Crippen LogP contribution < -0.4 is 5.32 Å². The van der Waals surface area contributed by atoms with Crippen molar-refractivity contribution in [3.05, 3.63) is 11.7 Å². The van der Waals surface area contributed by atoms with Crippen molar-refractivity contribution >= 4 is 6.03 Å². The highest BCUT2D eigenvalue weighted by atomic mass is 16.5. The highest BCUT2D eigenvalue weighted by Crippen LogP contribution is 2.25. The molecule has 2 amide bonds.